The fourth-order valence-corrected chi connectivity index (χ4v) is 3.33. The Hall–Kier alpha value is -3.37. The predicted molar refractivity (Wildman–Crippen MR) is 117 cm³/mol. The van der Waals surface area contributed by atoms with Crippen molar-refractivity contribution < 1.29 is 9.21 Å². The minimum absolute atomic E-state index is 0.185. The zero-order valence-electron chi connectivity index (χ0n) is 15.9. The van der Waals surface area contributed by atoms with Gasteiger partial charge in [-0.05, 0) is 47.0 Å². The van der Waals surface area contributed by atoms with Crippen LogP contribution in [0.3, 0.4) is 0 Å². The van der Waals surface area contributed by atoms with E-state index in [1.807, 2.05) is 73.7 Å². The second-order valence-corrected chi connectivity index (χ2v) is 7.18. The largest absolute Gasteiger partial charge is 0.455 e. The minimum Gasteiger partial charge on any atom is -0.455 e. The Labute approximate surface area is 173 Å². The predicted octanol–water partition coefficient (Wildman–Crippen LogP) is 5.75. The van der Waals surface area contributed by atoms with Crippen LogP contribution in [0.25, 0.3) is 22.1 Å². The summed E-state index contributed by atoms with van der Waals surface area (Å²) in [7, 11) is 0. The van der Waals surface area contributed by atoms with Crippen molar-refractivity contribution in [3.8, 4) is 11.3 Å². The van der Waals surface area contributed by atoms with Crippen molar-refractivity contribution in [2.45, 2.75) is 13.3 Å². The molecule has 0 unspecified atom stereocenters. The lowest BCUT2D eigenvalue weighted by Crippen LogP contribution is -2.19. The Morgan fingerprint density at radius 3 is 2.76 bits per heavy atom. The van der Waals surface area contributed by atoms with Crippen molar-refractivity contribution in [2.75, 3.05) is 0 Å². The molecule has 0 fully saturated rings. The Kier molecular flexibility index (Phi) is 5.45. The third-order valence-electron chi connectivity index (χ3n) is 4.70. The van der Waals surface area contributed by atoms with Crippen LogP contribution in [0, 0.1) is 6.92 Å². The SMILES string of the molecule is Cc1ccc(-c2ccc(/C=N/NC(=O)Cc3cccc4ccccc34)o2)cc1Cl. The lowest BCUT2D eigenvalue weighted by molar-refractivity contribution is -0.120. The van der Waals surface area contributed by atoms with E-state index in [9.17, 15) is 4.79 Å². The average Bonchev–Trinajstić information content (AvgIpc) is 3.19. The highest BCUT2D eigenvalue weighted by Crippen LogP contribution is 2.26. The summed E-state index contributed by atoms with van der Waals surface area (Å²) in [5.74, 6) is 1.05. The van der Waals surface area contributed by atoms with E-state index in [4.69, 9.17) is 16.0 Å². The molecule has 0 spiro atoms. The standard InChI is InChI=1S/C24H19ClN2O2/c1-16-9-10-19(13-22(16)25)23-12-11-20(29-23)15-26-27-24(28)14-18-7-4-6-17-5-2-3-8-21(17)18/h2-13,15H,14H2,1H3,(H,27,28)/b26-15+. The summed E-state index contributed by atoms with van der Waals surface area (Å²) < 4.78 is 5.76. The molecule has 1 amide bonds. The van der Waals surface area contributed by atoms with Gasteiger partial charge in [-0.2, -0.15) is 5.10 Å². The van der Waals surface area contributed by atoms with Gasteiger partial charge in [0.15, 0.2) is 0 Å². The number of hydrogen-bond donors (Lipinski definition) is 1. The molecule has 0 saturated carbocycles. The zero-order valence-corrected chi connectivity index (χ0v) is 16.6. The first-order valence-corrected chi connectivity index (χ1v) is 9.63. The van der Waals surface area contributed by atoms with Gasteiger partial charge in [0.2, 0.25) is 5.91 Å². The molecule has 0 aliphatic carbocycles. The second-order valence-electron chi connectivity index (χ2n) is 6.77. The van der Waals surface area contributed by atoms with Gasteiger partial charge in [0.1, 0.15) is 11.5 Å². The van der Waals surface area contributed by atoms with Crippen molar-refractivity contribution in [3.63, 3.8) is 0 Å². The van der Waals surface area contributed by atoms with E-state index < -0.39 is 0 Å². The van der Waals surface area contributed by atoms with E-state index in [2.05, 4.69) is 10.5 Å². The summed E-state index contributed by atoms with van der Waals surface area (Å²) in [6.07, 6.45) is 1.74. The van der Waals surface area contributed by atoms with E-state index in [1.165, 1.54) is 6.21 Å². The number of carbonyl (C=O) groups excluding carboxylic acids is 1. The Balaban J connectivity index is 1.40. The molecule has 1 heterocycles. The maximum Gasteiger partial charge on any atom is 0.244 e. The van der Waals surface area contributed by atoms with E-state index in [0.29, 0.717) is 16.5 Å². The van der Waals surface area contributed by atoms with E-state index in [-0.39, 0.29) is 12.3 Å². The quantitative estimate of drug-likeness (QED) is 0.341. The van der Waals surface area contributed by atoms with Crippen LogP contribution < -0.4 is 5.43 Å². The van der Waals surface area contributed by atoms with Crippen LogP contribution in [0.1, 0.15) is 16.9 Å². The third kappa shape index (κ3) is 4.39. The number of hydrogen-bond acceptors (Lipinski definition) is 3. The van der Waals surface area contributed by atoms with Crippen LogP contribution >= 0.6 is 11.6 Å². The second kappa shape index (κ2) is 8.33. The van der Waals surface area contributed by atoms with Gasteiger partial charge in [-0.1, -0.05) is 66.2 Å². The molecular formula is C24H19ClN2O2. The molecule has 1 aromatic heterocycles. The zero-order chi connectivity index (χ0) is 20.2. The monoisotopic (exact) mass is 402 g/mol. The maximum absolute atomic E-state index is 12.3. The number of furan rings is 1. The van der Waals surface area contributed by atoms with E-state index >= 15 is 0 Å². The number of nitrogens with zero attached hydrogens (tertiary/aromatic N) is 1. The van der Waals surface area contributed by atoms with Gasteiger partial charge in [0.05, 0.1) is 12.6 Å². The number of aryl methyl sites for hydroxylation is 1. The Bertz CT molecular complexity index is 1210. The number of hydrazone groups is 1. The Morgan fingerprint density at radius 1 is 1.07 bits per heavy atom. The van der Waals surface area contributed by atoms with Crippen LogP contribution in [0.15, 0.2) is 82.3 Å². The molecule has 4 rings (SSSR count). The summed E-state index contributed by atoms with van der Waals surface area (Å²) >= 11 is 6.18. The van der Waals surface area contributed by atoms with Crippen molar-refractivity contribution >= 4 is 34.5 Å². The van der Waals surface area contributed by atoms with Gasteiger partial charge < -0.3 is 4.42 Å². The number of nitrogens with one attached hydrogen (secondary N) is 1. The topological polar surface area (TPSA) is 54.6 Å². The molecule has 0 bridgehead atoms. The fraction of sp³-hybridized carbons (Fsp3) is 0.0833. The van der Waals surface area contributed by atoms with Crippen LogP contribution in [0.2, 0.25) is 5.02 Å². The Morgan fingerprint density at radius 2 is 1.90 bits per heavy atom. The maximum atomic E-state index is 12.3. The molecule has 5 heteroatoms. The number of amides is 1. The van der Waals surface area contributed by atoms with Crippen LogP contribution in [0.4, 0.5) is 0 Å². The highest BCUT2D eigenvalue weighted by atomic mass is 35.5. The smallest absolute Gasteiger partial charge is 0.244 e. The number of halogens is 1. The van der Waals surface area contributed by atoms with Crippen LogP contribution in [-0.2, 0) is 11.2 Å². The lowest BCUT2D eigenvalue weighted by Gasteiger charge is -2.05. The van der Waals surface area contributed by atoms with Crippen LogP contribution in [0.5, 0.6) is 0 Å². The van der Waals surface area contributed by atoms with Gasteiger partial charge in [-0.3, -0.25) is 4.79 Å². The van der Waals surface area contributed by atoms with Crippen molar-refractivity contribution in [2.24, 2.45) is 5.10 Å². The molecule has 4 aromatic rings. The lowest BCUT2D eigenvalue weighted by atomic mass is 10.0. The highest BCUT2D eigenvalue weighted by molar-refractivity contribution is 6.31. The molecule has 0 aliphatic rings. The van der Waals surface area contributed by atoms with Gasteiger partial charge in [0, 0.05) is 10.6 Å². The number of fused-ring (bicyclic) bond motifs is 1. The molecule has 0 atom stereocenters. The summed E-state index contributed by atoms with van der Waals surface area (Å²) in [6, 6.07) is 23.3. The summed E-state index contributed by atoms with van der Waals surface area (Å²) in [5.41, 5.74) is 5.43. The molecular weight excluding hydrogens is 384 g/mol. The van der Waals surface area contributed by atoms with Gasteiger partial charge in [-0.25, -0.2) is 5.43 Å². The molecule has 144 valence electrons. The highest BCUT2D eigenvalue weighted by Gasteiger charge is 2.07. The first kappa shape index (κ1) is 19.0. The first-order valence-electron chi connectivity index (χ1n) is 9.25. The molecule has 0 aliphatic heterocycles. The summed E-state index contributed by atoms with van der Waals surface area (Å²) in [4.78, 5) is 12.3. The molecule has 29 heavy (non-hydrogen) atoms. The van der Waals surface area contributed by atoms with Crippen molar-refractivity contribution in [3.05, 3.63) is 94.7 Å². The third-order valence-corrected chi connectivity index (χ3v) is 5.10. The molecule has 0 radical (unpaired) electrons. The number of rotatable bonds is 5. The van der Waals surface area contributed by atoms with Crippen molar-refractivity contribution in [1.29, 1.82) is 0 Å². The molecule has 4 nitrogen and oxygen atoms in total. The molecule has 0 saturated heterocycles. The van der Waals surface area contributed by atoms with Gasteiger partial charge in [0.25, 0.3) is 0 Å². The molecule has 1 N–H and O–H groups in total. The normalized spacial score (nSPS) is 11.2. The summed E-state index contributed by atoms with van der Waals surface area (Å²) in [6.45, 7) is 1.95. The summed E-state index contributed by atoms with van der Waals surface area (Å²) in [5, 5.41) is 6.88. The fourth-order valence-electron chi connectivity index (χ4n) is 3.15. The average molecular weight is 403 g/mol. The van der Waals surface area contributed by atoms with E-state index in [1.54, 1.807) is 6.07 Å². The van der Waals surface area contributed by atoms with Crippen molar-refractivity contribution in [1.82, 2.24) is 5.43 Å². The van der Waals surface area contributed by atoms with Gasteiger partial charge in [-0.15, -0.1) is 0 Å². The molecule has 3 aromatic carbocycles. The van der Waals surface area contributed by atoms with Crippen LogP contribution in [-0.4, -0.2) is 12.1 Å². The van der Waals surface area contributed by atoms with Gasteiger partial charge >= 0.3 is 0 Å². The minimum atomic E-state index is -0.185. The number of benzene rings is 3. The van der Waals surface area contributed by atoms with E-state index in [0.717, 1.165) is 27.5 Å². The first-order chi connectivity index (χ1) is 14.1. The number of carbonyl (C=O) groups is 1.